The lowest BCUT2D eigenvalue weighted by molar-refractivity contribution is -0.143. The predicted octanol–water partition coefficient (Wildman–Crippen LogP) is 0.682. The number of hydrogen-bond donors (Lipinski definition) is 1. The fourth-order valence-electron chi connectivity index (χ4n) is 1.49. The van der Waals surface area contributed by atoms with Crippen LogP contribution in [0.2, 0.25) is 0 Å². The second-order valence-electron chi connectivity index (χ2n) is 3.46. The third-order valence-corrected chi connectivity index (χ3v) is 2.14. The molecule has 0 aromatic carbocycles. The van der Waals surface area contributed by atoms with Crippen molar-refractivity contribution < 1.29 is 9.53 Å². The van der Waals surface area contributed by atoms with Crippen LogP contribution in [0.15, 0.2) is 6.20 Å². The molecule has 84 valence electrons. The Labute approximate surface area is 89.2 Å². The lowest BCUT2D eigenvalue weighted by Crippen LogP contribution is -2.17. The van der Waals surface area contributed by atoms with Crippen molar-refractivity contribution >= 4 is 5.97 Å². The first-order valence-corrected chi connectivity index (χ1v) is 4.96. The molecule has 2 N–H and O–H groups in total. The number of rotatable bonds is 4. The highest BCUT2D eigenvalue weighted by atomic mass is 16.5. The molecule has 0 amide bonds. The molecule has 0 saturated carbocycles. The maximum Gasteiger partial charge on any atom is 0.307 e. The van der Waals surface area contributed by atoms with Crippen molar-refractivity contribution in [3.05, 3.63) is 17.5 Å². The van der Waals surface area contributed by atoms with Crippen molar-refractivity contribution in [2.75, 3.05) is 6.61 Å². The Morgan fingerprint density at radius 2 is 2.40 bits per heavy atom. The summed E-state index contributed by atoms with van der Waals surface area (Å²) >= 11 is 0. The molecule has 5 heteroatoms. The first-order valence-electron chi connectivity index (χ1n) is 4.96. The summed E-state index contributed by atoms with van der Waals surface area (Å²) in [6.45, 7) is 4.04. The van der Waals surface area contributed by atoms with Gasteiger partial charge in [-0.2, -0.15) is 5.10 Å². The lowest BCUT2D eigenvalue weighted by Gasteiger charge is -2.09. The summed E-state index contributed by atoms with van der Waals surface area (Å²) in [5.41, 5.74) is 7.64. The summed E-state index contributed by atoms with van der Waals surface area (Å²) in [4.78, 5) is 11.2. The van der Waals surface area contributed by atoms with E-state index in [1.165, 1.54) is 0 Å². The molecule has 1 atom stereocenters. The zero-order valence-electron chi connectivity index (χ0n) is 9.36. The molecule has 5 nitrogen and oxygen atoms in total. The standard InChI is InChI=1S/C10H17N3O2/c1-4-15-10(14)5-9(11)8-6-13(3)12-7(8)2/h6,9H,4-5,11H2,1-3H3/t9-/m1/s1. The molecule has 0 fully saturated rings. The fraction of sp³-hybridized carbons (Fsp3) is 0.600. The fourth-order valence-corrected chi connectivity index (χ4v) is 1.49. The summed E-state index contributed by atoms with van der Waals surface area (Å²) in [7, 11) is 1.83. The van der Waals surface area contributed by atoms with Gasteiger partial charge in [-0.15, -0.1) is 0 Å². The molecular weight excluding hydrogens is 194 g/mol. The SMILES string of the molecule is CCOC(=O)C[C@@H](N)c1cn(C)nc1C. The van der Waals surface area contributed by atoms with Crippen LogP contribution < -0.4 is 5.73 Å². The summed E-state index contributed by atoms with van der Waals surface area (Å²) in [5.74, 6) is -0.270. The van der Waals surface area contributed by atoms with E-state index in [0.29, 0.717) is 6.61 Å². The monoisotopic (exact) mass is 211 g/mol. The molecule has 0 unspecified atom stereocenters. The number of nitrogens with two attached hydrogens (primary N) is 1. The van der Waals surface area contributed by atoms with Crippen LogP contribution in [-0.2, 0) is 16.6 Å². The third kappa shape index (κ3) is 3.06. The molecule has 1 rings (SSSR count). The van der Waals surface area contributed by atoms with Crippen molar-refractivity contribution in [2.45, 2.75) is 26.3 Å². The minimum Gasteiger partial charge on any atom is -0.466 e. The molecule has 15 heavy (non-hydrogen) atoms. The molecule has 1 aromatic heterocycles. The van der Waals surface area contributed by atoms with Crippen molar-refractivity contribution in [1.29, 1.82) is 0 Å². The lowest BCUT2D eigenvalue weighted by atomic mass is 10.1. The molecule has 0 aliphatic rings. The number of aryl methyl sites for hydroxylation is 2. The van der Waals surface area contributed by atoms with E-state index in [9.17, 15) is 4.79 Å². The maximum atomic E-state index is 11.2. The van der Waals surface area contributed by atoms with Gasteiger partial charge in [0.25, 0.3) is 0 Å². The Morgan fingerprint density at radius 1 is 1.73 bits per heavy atom. The van der Waals surface area contributed by atoms with Gasteiger partial charge < -0.3 is 10.5 Å². The highest BCUT2D eigenvalue weighted by Crippen LogP contribution is 2.17. The first kappa shape index (κ1) is 11.7. The van der Waals surface area contributed by atoms with Crippen LogP contribution in [0.3, 0.4) is 0 Å². The minimum absolute atomic E-state index is 0.195. The summed E-state index contributed by atoms with van der Waals surface area (Å²) < 4.78 is 6.52. The maximum absolute atomic E-state index is 11.2. The van der Waals surface area contributed by atoms with Crippen LogP contribution in [0.5, 0.6) is 0 Å². The van der Waals surface area contributed by atoms with Crippen LogP contribution in [0.1, 0.15) is 30.6 Å². The van der Waals surface area contributed by atoms with Gasteiger partial charge >= 0.3 is 5.97 Å². The van der Waals surface area contributed by atoms with E-state index in [-0.39, 0.29) is 18.4 Å². The van der Waals surface area contributed by atoms with Crippen molar-refractivity contribution in [1.82, 2.24) is 9.78 Å². The number of ether oxygens (including phenoxy) is 1. The number of nitrogens with zero attached hydrogens (tertiary/aromatic N) is 2. The number of carbonyl (C=O) groups is 1. The van der Waals surface area contributed by atoms with Crippen LogP contribution in [-0.4, -0.2) is 22.4 Å². The second-order valence-corrected chi connectivity index (χ2v) is 3.46. The molecule has 1 heterocycles. The van der Waals surface area contributed by atoms with Gasteiger partial charge in [-0.05, 0) is 13.8 Å². The van der Waals surface area contributed by atoms with Gasteiger partial charge in [-0.3, -0.25) is 9.48 Å². The van der Waals surface area contributed by atoms with Crippen LogP contribution in [0.25, 0.3) is 0 Å². The van der Waals surface area contributed by atoms with Gasteiger partial charge in [0.05, 0.1) is 18.7 Å². The Balaban J connectivity index is 2.64. The number of hydrogen-bond acceptors (Lipinski definition) is 4. The molecule has 0 aliphatic carbocycles. The van der Waals surface area contributed by atoms with Crippen LogP contribution >= 0.6 is 0 Å². The summed E-state index contributed by atoms with van der Waals surface area (Å²) in [6, 6.07) is -0.335. The van der Waals surface area contributed by atoms with Crippen LogP contribution in [0, 0.1) is 6.92 Å². The molecule has 0 saturated heterocycles. The smallest absolute Gasteiger partial charge is 0.307 e. The second kappa shape index (κ2) is 4.93. The summed E-state index contributed by atoms with van der Waals surface area (Å²) in [6.07, 6.45) is 2.03. The molecule has 0 bridgehead atoms. The zero-order valence-corrected chi connectivity index (χ0v) is 9.36. The highest BCUT2D eigenvalue weighted by Gasteiger charge is 2.16. The summed E-state index contributed by atoms with van der Waals surface area (Å²) in [5, 5.41) is 4.17. The van der Waals surface area contributed by atoms with E-state index in [1.807, 2.05) is 20.2 Å². The minimum atomic E-state index is -0.335. The van der Waals surface area contributed by atoms with Gasteiger partial charge in [0, 0.05) is 24.8 Å². The van der Waals surface area contributed by atoms with Gasteiger partial charge in [0.1, 0.15) is 0 Å². The Hall–Kier alpha value is -1.36. The average Bonchev–Trinajstić information content (AvgIpc) is 2.45. The van der Waals surface area contributed by atoms with Crippen molar-refractivity contribution in [3.63, 3.8) is 0 Å². The van der Waals surface area contributed by atoms with Gasteiger partial charge in [0.15, 0.2) is 0 Å². The highest BCUT2D eigenvalue weighted by molar-refractivity contribution is 5.70. The van der Waals surface area contributed by atoms with Crippen molar-refractivity contribution in [2.24, 2.45) is 12.8 Å². The van der Waals surface area contributed by atoms with E-state index in [4.69, 9.17) is 10.5 Å². The number of carbonyl (C=O) groups excluding carboxylic acids is 1. The Bertz CT molecular complexity index is 346. The number of esters is 1. The largest absolute Gasteiger partial charge is 0.466 e. The van der Waals surface area contributed by atoms with Crippen molar-refractivity contribution in [3.8, 4) is 0 Å². The predicted molar refractivity (Wildman–Crippen MR) is 56.1 cm³/mol. The van der Waals surface area contributed by atoms with Crippen LogP contribution in [0.4, 0.5) is 0 Å². The van der Waals surface area contributed by atoms with Gasteiger partial charge in [-0.25, -0.2) is 0 Å². The normalized spacial score (nSPS) is 12.5. The Kier molecular flexibility index (Phi) is 3.85. The average molecular weight is 211 g/mol. The van der Waals surface area contributed by atoms with Gasteiger partial charge in [-0.1, -0.05) is 0 Å². The molecule has 0 aliphatic heterocycles. The van der Waals surface area contributed by atoms with E-state index in [1.54, 1.807) is 11.6 Å². The van der Waals surface area contributed by atoms with E-state index >= 15 is 0 Å². The number of aromatic nitrogens is 2. The van der Waals surface area contributed by atoms with E-state index in [2.05, 4.69) is 5.10 Å². The molecule has 0 spiro atoms. The molecular formula is C10H17N3O2. The van der Waals surface area contributed by atoms with Gasteiger partial charge in [0.2, 0.25) is 0 Å². The zero-order chi connectivity index (χ0) is 11.4. The van der Waals surface area contributed by atoms with E-state index in [0.717, 1.165) is 11.3 Å². The quantitative estimate of drug-likeness (QED) is 0.743. The molecule has 1 aromatic rings. The Morgan fingerprint density at radius 3 is 2.87 bits per heavy atom. The first-order chi connectivity index (χ1) is 7.04. The molecule has 0 radical (unpaired) electrons. The van der Waals surface area contributed by atoms with E-state index < -0.39 is 0 Å². The third-order valence-electron chi connectivity index (χ3n) is 2.14. The topological polar surface area (TPSA) is 70.1 Å².